The average Bonchev–Trinajstić information content (AvgIpc) is 2.90. The van der Waals surface area contributed by atoms with E-state index in [1.165, 1.54) is 11.3 Å². The minimum absolute atomic E-state index is 0.160. The summed E-state index contributed by atoms with van der Waals surface area (Å²) in [4.78, 5) is 31.8. The van der Waals surface area contributed by atoms with Crippen LogP contribution in [0.25, 0.3) is 0 Å². The van der Waals surface area contributed by atoms with Crippen LogP contribution in [0.15, 0.2) is 0 Å². The third-order valence-electron chi connectivity index (χ3n) is 3.97. The summed E-state index contributed by atoms with van der Waals surface area (Å²) >= 11 is 1.30. The van der Waals surface area contributed by atoms with Crippen LogP contribution in [0, 0.1) is 24.2 Å². The summed E-state index contributed by atoms with van der Waals surface area (Å²) in [5.74, 6) is -2.02. The van der Waals surface area contributed by atoms with Gasteiger partial charge in [-0.25, -0.2) is 4.98 Å². The fourth-order valence-corrected chi connectivity index (χ4v) is 3.69. The monoisotopic (exact) mass is 333 g/mol. The molecule has 0 N–H and O–H groups in total. The molecule has 0 bridgehead atoms. The molecule has 0 unspecified atom stereocenters. The van der Waals surface area contributed by atoms with Gasteiger partial charge in [0.1, 0.15) is 0 Å². The largest absolute Gasteiger partial charge is 0.341 e. The van der Waals surface area contributed by atoms with E-state index in [9.17, 15) is 14.9 Å². The molecule has 5 nitrogen and oxygen atoms in total. The first-order chi connectivity index (χ1) is 10.8. The fourth-order valence-electron chi connectivity index (χ4n) is 2.60. The van der Waals surface area contributed by atoms with Crippen molar-refractivity contribution in [3.63, 3.8) is 0 Å². The molecule has 0 aromatic carbocycles. The van der Waals surface area contributed by atoms with E-state index >= 15 is 0 Å². The Balaban J connectivity index is 2.25. The molecule has 0 spiro atoms. The van der Waals surface area contributed by atoms with Crippen molar-refractivity contribution in [2.75, 3.05) is 13.1 Å². The second-order valence-corrected chi connectivity index (χ2v) is 7.99. The number of likely N-dealkylation sites (tertiary alicyclic amines) is 1. The van der Waals surface area contributed by atoms with Crippen molar-refractivity contribution in [3.05, 3.63) is 15.6 Å². The molecule has 2 rings (SSSR count). The van der Waals surface area contributed by atoms with Crippen molar-refractivity contribution in [3.8, 4) is 6.07 Å². The van der Waals surface area contributed by atoms with Gasteiger partial charge >= 0.3 is 0 Å². The lowest BCUT2D eigenvalue weighted by molar-refractivity contribution is -0.133. The lowest BCUT2D eigenvalue weighted by Crippen LogP contribution is -2.41. The number of nitrogens with zero attached hydrogens (tertiary/aromatic N) is 3. The van der Waals surface area contributed by atoms with Crippen molar-refractivity contribution >= 4 is 23.0 Å². The van der Waals surface area contributed by atoms with Gasteiger partial charge in [0.25, 0.3) is 0 Å². The van der Waals surface area contributed by atoms with Gasteiger partial charge in [0, 0.05) is 18.5 Å². The number of nitriles is 1. The van der Waals surface area contributed by atoms with Gasteiger partial charge in [-0.05, 0) is 26.2 Å². The minimum atomic E-state index is -1.25. The minimum Gasteiger partial charge on any atom is -0.341 e. The third-order valence-corrected chi connectivity index (χ3v) is 5.57. The smallest absolute Gasteiger partial charge is 0.247 e. The van der Waals surface area contributed by atoms with Crippen molar-refractivity contribution in [2.45, 2.75) is 52.4 Å². The van der Waals surface area contributed by atoms with E-state index in [1.807, 2.05) is 26.8 Å². The third kappa shape index (κ3) is 3.78. The summed E-state index contributed by atoms with van der Waals surface area (Å²) < 4.78 is 0. The van der Waals surface area contributed by atoms with Gasteiger partial charge in [0.2, 0.25) is 11.7 Å². The Bertz CT molecular complexity index is 646. The number of rotatable bonds is 3. The lowest BCUT2D eigenvalue weighted by atomic mass is 9.98. The molecule has 1 aromatic heterocycles. The Kier molecular flexibility index (Phi) is 5.20. The van der Waals surface area contributed by atoms with Crippen molar-refractivity contribution in [2.24, 2.45) is 5.92 Å². The van der Waals surface area contributed by atoms with E-state index < -0.39 is 11.7 Å². The van der Waals surface area contributed by atoms with E-state index in [2.05, 4.69) is 4.98 Å². The van der Waals surface area contributed by atoms with Gasteiger partial charge in [0.05, 0.1) is 21.6 Å². The van der Waals surface area contributed by atoms with Crippen LogP contribution in [0.5, 0.6) is 0 Å². The highest BCUT2D eigenvalue weighted by molar-refractivity contribution is 7.14. The highest BCUT2D eigenvalue weighted by Gasteiger charge is 2.35. The molecule has 1 aliphatic heterocycles. The predicted octanol–water partition coefficient (Wildman–Crippen LogP) is 3.08. The Hall–Kier alpha value is -1.74. The van der Waals surface area contributed by atoms with Crippen LogP contribution in [0.2, 0.25) is 0 Å². The summed E-state index contributed by atoms with van der Waals surface area (Å²) in [5, 5.41) is 10.2. The van der Waals surface area contributed by atoms with Crippen molar-refractivity contribution in [1.82, 2.24) is 9.88 Å². The molecule has 1 saturated heterocycles. The molecule has 6 heteroatoms. The number of hydrogen-bond donors (Lipinski definition) is 0. The summed E-state index contributed by atoms with van der Waals surface area (Å²) in [7, 11) is 0. The normalized spacial score (nSPS) is 16.7. The zero-order chi connectivity index (χ0) is 17.2. The highest BCUT2D eigenvalue weighted by Crippen LogP contribution is 2.31. The number of carbonyl (C=O) groups is 2. The molecule has 1 atom stereocenters. The zero-order valence-corrected chi connectivity index (χ0v) is 15.0. The maximum Gasteiger partial charge on any atom is 0.247 e. The first-order valence-electron chi connectivity index (χ1n) is 7.96. The highest BCUT2D eigenvalue weighted by atomic mass is 32.1. The molecule has 0 aliphatic carbocycles. The maximum absolute atomic E-state index is 12.7. The number of aryl methyl sites for hydroxylation is 1. The second-order valence-electron chi connectivity index (χ2n) is 7.00. The van der Waals surface area contributed by atoms with Crippen molar-refractivity contribution < 1.29 is 9.59 Å². The molecule has 1 aliphatic rings. The molecule has 1 aromatic rings. The molecule has 124 valence electrons. The number of hydrogen-bond acceptors (Lipinski definition) is 5. The number of amides is 1. The fraction of sp³-hybridized carbons (Fsp3) is 0.647. The van der Waals surface area contributed by atoms with Crippen LogP contribution in [-0.2, 0) is 10.2 Å². The van der Waals surface area contributed by atoms with Gasteiger partial charge in [-0.2, -0.15) is 5.26 Å². The Morgan fingerprint density at radius 3 is 2.35 bits per heavy atom. The quantitative estimate of drug-likeness (QED) is 0.629. The number of aromatic nitrogens is 1. The summed E-state index contributed by atoms with van der Waals surface area (Å²) in [6.07, 6.45) is 2.97. The first kappa shape index (κ1) is 17.6. The Labute approximate surface area is 141 Å². The van der Waals surface area contributed by atoms with E-state index in [1.54, 1.807) is 11.8 Å². The second kappa shape index (κ2) is 6.79. The molecule has 1 fully saturated rings. The summed E-state index contributed by atoms with van der Waals surface area (Å²) in [6, 6.07) is 1.91. The van der Waals surface area contributed by atoms with Crippen LogP contribution in [0.1, 0.15) is 60.4 Å². The molecular formula is C17H23N3O2S. The lowest BCUT2D eigenvalue weighted by Gasteiger charge is -2.27. The average molecular weight is 333 g/mol. The van der Waals surface area contributed by atoms with Crippen LogP contribution < -0.4 is 0 Å². The summed E-state index contributed by atoms with van der Waals surface area (Å²) in [5.41, 5.74) is 0.448. The van der Waals surface area contributed by atoms with E-state index in [0.717, 1.165) is 24.3 Å². The molecule has 2 heterocycles. The van der Waals surface area contributed by atoms with Crippen LogP contribution in [-0.4, -0.2) is 34.7 Å². The predicted molar refractivity (Wildman–Crippen MR) is 89.4 cm³/mol. The SMILES string of the molecule is Cc1nc(C(C)(C)C)sc1C(=O)[C@@H](C#N)C(=O)N1CCCCC1. The summed E-state index contributed by atoms with van der Waals surface area (Å²) in [6.45, 7) is 9.12. The number of piperidine rings is 1. The van der Waals surface area contributed by atoms with Gasteiger partial charge in [-0.15, -0.1) is 11.3 Å². The van der Waals surface area contributed by atoms with Crippen LogP contribution in [0.4, 0.5) is 0 Å². The van der Waals surface area contributed by atoms with Crippen LogP contribution >= 0.6 is 11.3 Å². The van der Waals surface area contributed by atoms with Gasteiger partial charge in [-0.3, -0.25) is 9.59 Å². The van der Waals surface area contributed by atoms with Gasteiger partial charge in [-0.1, -0.05) is 20.8 Å². The number of Topliss-reactive ketones (excluding diaryl/α,β-unsaturated/α-hetero) is 1. The number of carbonyl (C=O) groups excluding carboxylic acids is 2. The van der Waals surface area contributed by atoms with Crippen molar-refractivity contribution in [1.29, 1.82) is 5.26 Å². The zero-order valence-electron chi connectivity index (χ0n) is 14.2. The standard InChI is InChI=1S/C17H23N3O2S/c1-11-14(23-16(19-11)17(2,3)4)13(21)12(10-18)15(22)20-8-6-5-7-9-20/h12H,5-9H2,1-4H3/t12-/m1/s1. The number of ketones is 1. The topological polar surface area (TPSA) is 74.1 Å². The molecular weight excluding hydrogens is 310 g/mol. The first-order valence-corrected chi connectivity index (χ1v) is 8.78. The molecule has 1 amide bonds. The Morgan fingerprint density at radius 1 is 1.26 bits per heavy atom. The van der Waals surface area contributed by atoms with E-state index in [4.69, 9.17) is 0 Å². The molecule has 0 radical (unpaired) electrons. The van der Waals surface area contributed by atoms with E-state index in [-0.39, 0.29) is 11.3 Å². The maximum atomic E-state index is 12.7. The molecule has 0 saturated carbocycles. The van der Waals surface area contributed by atoms with Gasteiger partial charge < -0.3 is 4.90 Å². The molecule has 23 heavy (non-hydrogen) atoms. The Morgan fingerprint density at radius 2 is 1.87 bits per heavy atom. The van der Waals surface area contributed by atoms with E-state index in [0.29, 0.717) is 23.7 Å². The van der Waals surface area contributed by atoms with Crippen LogP contribution in [0.3, 0.4) is 0 Å². The van der Waals surface area contributed by atoms with Gasteiger partial charge in [0.15, 0.2) is 5.92 Å². The number of thiazole rings is 1.